The minimum absolute atomic E-state index is 0.110. The molecule has 0 aliphatic rings. The van der Waals surface area contributed by atoms with E-state index in [2.05, 4.69) is 5.32 Å². The molecule has 1 N–H and O–H groups in total. The van der Waals surface area contributed by atoms with Crippen molar-refractivity contribution in [3.8, 4) is 5.75 Å². The smallest absolute Gasteiger partial charge is 0.328 e. The SMILES string of the molecule is COc1ccc(COC(=O)[C@H](C)NC(=O)c2ccc(Cl)cc2)cc1F. The average Bonchev–Trinajstić information content (AvgIpc) is 2.60. The highest BCUT2D eigenvalue weighted by Crippen LogP contribution is 2.18. The molecule has 0 aromatic heterocycles. The number of hydrogen-bond acceptors (Lipinski definition) is 4. The van der Waals surface area contributed by atoms with Gasteiger partial charge < -0.3 is 14.8 Å². The standard InChI is InChI=1S/C18H17ClFNO4/c1-11(21-17(22)13-4-6-14(19)7-5-13)18(23)25-10-12-3-8-16(24-2)15(20)9-12/h3-9,11H,10H2,1-2H3,(H,21,22)/t11-/m0/s1. The molecule has 0 radical (unpaired) electrons. The van der Waals surface area contributed by atoms with Crippen LogP contribution in [0.3, 0.4) is 0 Å². The Hall–Kier alpha value is -2.60. The third-order valence-corrected chi connectivity index (χ3v) is 3.66. The van der Waals surface area contributed by atoms with Crippen LogP contribution in [0, 0.1) is 5.82 Å². The molecule has 0 saturated carbocycles. The van der Waals surface area contributed by atoms with Crippen LogP contribution in [0.2, 0.25) is 5.02 Å². The number of nitrogens with one attached hydrogen (secondary N) is 1. The lowest BCUT2D eigenvalue weighted by Gasteiger charge is -2.14. The summed E-state index contributed by atoms with van der Waals surface area (Å²) in [4.78, 5) is 24.0. The Morgan fingerprint density at radius 2 is 1.88 bits per heavy atom. The summed E-state index contributed by atoms with van der Waals surface area (Å²) in [5.74, 6) is -1.48. The highest BCUT2D eigenvalue weighted by Gasteiger charge is 2.18. The molecule has 132 valence electrons. The van der Waals surface area contributed by atoms with Crippen LogP contribution in [-0.4, -0.2) is 25.0 Å². The zero-order valence-corrected chi connectivity index (χ0v) is 14.5. The van der Waals surface area contributed by atoms with Crippen LogP contribution in [-0.2, 0) is 16.1 Å². The number of esters is 1. The van der Waals surface area contributed by atoms with Crippen LogP contribution in [0.5, 0.6) is 5.75 Å². The molecule has 1 atom stereocenters. The summed E-state index contributed by atoms with van der Waals surface area (Å²) in [6, 6.07) is 9.67. The third-order valence-electron chi connectivity index (χ3n) is 3.40. The molecule has 0 aliphatic heterocycles. The Morgan fingerprint density at radius 3 is 2.48 bits per heavy atom. The van der Waals surface area contributed by atoms with Crippen LogP contribution in [0.15, 0.2) is 42.5 Å². The van der Waals surface area contributed by atoms with Gasteiger partial charge in [0.25, 0.3) is 5.91 Å². The van der Waals surface area contributed by atoms with Crippen molar-refractivity contribution in [2.24, 2.45) is 0 Å². The van der Waals surface area contributed by atoms with E-state index in [1.54, 1.807) is 30.3 Å². The Labute approximate surface area is 149 Å². The molecule has 5 nitrogen and oxygen atoms in total. The van der Waals surface area contributed by atoms with Crippen molar-refractivity contribution in [3.05, 3.63) is 64.4 Å². The number of carbonyl (C=O) groups excluding carboxylic acids is 2. The van der Waals surface area contributed by atoms with Gasteiger partial charge in [0.1, 0.15) is 12.6 Å². The Morgan fingerprint density at radius 1 is 1.20 bits per heavy atom. The van der Waals surface area contributed by atoms with Gasteiger partial charge in [0.15, 0.2) is 11.6 Å². The van der Waals surface area contributed by atoms with E-state index >= 15 is 0 Å². The lowest BCUT2D eigenvalue weighted by atomic mass is 10.2. The van der Waals surface area contributed by atoms with Crippen LogP contribution < -0.4 is 10.1 Å². The van der Waals surface area contributed by atoms with Gasteiger partial charge in [-0.15, -0.1) is 0 Å². The summed E-state index contributed by atoms with van der Waals surface area (Å²) in [5.41, 5.74) is 0.851. The van der Waals surface area contributed by atoms with Gasteiger partial charge in [-0.2, -0.15) is 0 Å². The number of rotatable bonds is 6. The summed E-state index contributed by atoms with van der Waals surface area (Å²) in [6.07, 6.45) is 0. The van der Waals surface area contributed by atoms with Gasteiger partial charge in [-0.3, -0.25) is 4.79 Å². The van der Waals surface area contributed by atoms with Crippen molar-refractivity contribution in [3.63, 3.8) is 0 Å². The summed E-state index contributed by atoms with van der Waals surface area (Å²) in [5, 5.41) is 3.04. The zero-order valence-electron chi connectivity index (χ0n) is 13.7. The monoisotopic (exact) mass is 365 g/mol. The number of amides is 1. The maximum atomic E-state index is 13.6. The molecule has 0 spiro atoms. The molecule has 7 heteroatoms. The molecule has 0 fully saturated rings. The van der Waals surface area contributed by atoms with E-state index in [4.69, 9.17) is 21.1 Å². The second-order valence-electron chi connectivity index (χ2n) is 5.28. The lowest BCUT2D eigenvalue weighted by molar-refractivity contribution is -0.146. The van der Waals surface area contributed by atoms with E-state index in [0.29, 0.717) is 16.1 Å². The fourth-order valence-electron chi connectivity index (χ4n) is 2.02. The lowest BCUT2D eigenvalue weighted by Crippen LogP contribution is -2.39. The Bertz CT molecular complexity index is 764. The molecule has 2 aromatic carbocycles. The molecule has 0 aliphatic carbocycles. The van der Waals surface area contributed by atoms with E-state index in [0.717, 1.165) is 0 Å². The highest BCUT2D eigenvalue weighted by atomic mass is 35.5. The van der Waals surface area contributed by atoms with E-state index in [9.17, 15) is 14.0 Å². The maximum Gasteiger partial charge on any atom is 0.328 e. The van der Waals surface area contributed by atoms with Crippen LogP contribution in [0.25, 0.3) is 0 Å². The van der Waals surface area contributed by atoms with Gasteiger partial charge in [0.2, 0.25) is 0 Å². The minimum Gasteiger partial charge on any atom is -0.494 e. The molecular weight excluding hydrogens is 349 g/mol. The zero-order chi connectivity index (χ0) is 18.4. The largest absolute Gasteiger partial charge is 0.494 e. The van der Waals surface area contributed by atoms with E-state index in [-0.39, 0.29) is 12.4 Å². The summed E-state index contributed by atoms with van der Waals surface area (Å²) >= 11 is 5.76. The molecule has 0 saturated heterocycles. The van der Waals surface area contributed by atoms with Gasteiger partial charge in [0.05, 0.1) is 7.11 Å². The number of halogens is 2. The second-order valence-corrected chi connectivity index (χ2v) is 5.72. The Kier molecular flexibility index (Phi) is 6.36. The first kappa shape index (κ1) is 18.7. The molecular formula is C18H17ClFNO4. The number of carbonyl (C=O) groups is 2. The predicted molar refractivity (Wildman–Crippen MR) is 91.1 cm³/mol. The van der Waals surface area contributed by atoms with Crippen molar-refractivity contribution in [2.45, 2.75) is 19.6 Å². The quantitative estimate of drug-likeness (QED) is 0.797. The van der Waals surface area contributed by atoms with Crippen LogP contribution in [0.4, 0.5) is 4.39 Å². The number of methoxy groups -OCH3 is 1. The molecule has 2 rings (SSSR count). The number of benzene rings is 2. The van der Waals surface area contributed by atoms with Crippen LogP contribution in [0.1, 0.15) is 22.8 Å². The van der Waals surface area contributed by atoms with E-state index in [1.165, 1.54) is 26.2 Å². The molecule has 0 unspecified atom stereocenters. The van der Waals surface area contributed by atoms with Gasteiger partial charge in [-0.05, 0) is 48.9 Å². The van der Waals surface area contributed by atoms with Crippen molar-refractivity contribution in [2.75, 3.05) is 7.11 Å². The van der Waals surface area contributed by atoms with Crippen molar-refractivity contribution in [1.29, 1.82) is 0 Å². The normalized spacial score (nSPS) is 11.5. The first-order valence-electron chi connectivity index (χ1n) is 7.46. The molecule has 2 aromatic rings. The maximum absolute atomic E-state index is 13.6. The average molecular weight is 366 g/mol. The molecule has 1 amide bonds. The van der Waals surface area contributed by atoms with Crippen molar-refractivity contribution < 1.29 is 23.5 Å². The Balaban J connectivity index is 1.88. The summed E-state index contributed by atoms with van der Waals surface area (Å²) in [6.45, 7) is 1.39. The van der Waals surface area contributed by atoms with Gasteiger partial charge in [-0.25, -0.2) is 9.18 Å². The molecule has 0 bridgehead atoms. The highest BCUT2D eigenvalue weighted by molar-refractivity contribution is 6.30. The van der Waals surface area contributed by atoms with E-state index in [1.807, 2.05) is 0 Å². The minimum atomic E-state index is -0.855. The molecule has 0 heterocycles. The molecule has 25 heavy (non-hydrogen) atoms. The van der Waals surface area contributed by atoms with Crippen molar-refractivity contribution in [1.82, 2.24) is 5.32 Å². The number of ether oxygens (including phenoxy) is 2. The summed E-state index contributed by atoms with van der Waals surface area (Å²) in [7, 11) is 1.36. The van der Waals surface area contributed by atoms with Crippen LogP contribution >= 0.6 is 11.6 Å². The van der Waals surface area contributed by atoms with Gasteiger partial charge >= 0.3 is 5.97 Å². The third kappa shape index (κ3) is 5.19. The fourth-order valence-corrected chi connectivity index (χ4v) is 2.15. The fraction of sp³-hybridized carbons (Fsp3) is 0.222. The number of hydrogen-bond donors (Lipinski definition) is 1. The predicted octanol–water partition coefficient (Wildman–Crippen LogP) is 3.35. The van der Waals surface area contributed by atoms with Crippen molar-refractivity contribution >= 4 is 23.5 Å². The first-order chi connectivity index (χ1) is 11.9. The topological polar surface area (TPSA) is 64.6 Å². The van der Waals surface area contributed by atoms with Gasteiger partial charge in [-0.1, -0.05) is 17.7 Å². The first-order valence-corrected chi connectivity index (χ1v) is 7.84. The van der Waals surface area contributed by atoms with Gasteiger partial charge in [0, 0.05) is 10.6 Å². The second kappa shape index (κ2) is 8.48. The van der Waals surface area contributed by atoms with E-state index < -0.39 is 23.7 Å². The summed E-state index contributed by atoms with van der Waals surface area (Å²) < 4.78 is 23.5.